The van der Waals surface area contributed by atoms with Crippen LogP contribution in [0.5, 0.6) is 0 Å². The lowest BCUT2D eigenvalue weighted by atomic mass is 9.57. The van der Waals surface area contributed by atoms with E-state index in [-0.39, 0.29) is 96.7 Å². The molecule has 0 aromatic rings. The van der Waals surface area contributed by atoms with E-state index < -0.39 is 76.7 Å². The normalized spacial score (nSPS) is 51.5. The smallest absolute Gasteiger partial charge is 0.308 e. The highest BCUT2D eigenvalue weighted by Crippen LogP contribution is 2.66. The van der Waals surface area contributed by atoms with Crippen LogP contribution in [0.25, 0.3) is 0 Å². The highest BCUT2D eigenvalue weighted by molar-refractivity contribution is 5.84. The molecule has 8 bridgehead atoms. The van der Waals surface area contributed by atoms with E-state index in [9.17, 15) is 14.4 Å². The van der Waals surface area contributed by atoms with Crippen LogP contribution in [-0.2, 0) is 101 Å². The van der Waals surface area contributed by atoms with Gasteiger partial charge in [0.1, 0.15) is 11.6 Å². The molecule has 16 heterocycles. The lowest BCUT2D eigenvalue weighted by Crippen LogP contribution is -2.70. The summed E-state index contributed by atoms with van der Waals surface area (Å²) in [6.45, 7) is 42.1. The Morgan fingerprint density at radius 1 is 0.376 bits per heavy atom. The zero-order valence-electron chi connectivity index (χ0n) is 65.1. The van der Waals surface area contributed by atoms with Crippen LogP contribution in [0.15, 0.2) is 0 Å². The van der Waals surface area contributed by atoms with Gasteiger partial charge < -0.3 is 47.4 Å². The van der Waals surface area contributed by atoms with E-state index >= 15 is 0 Å². The van der Waals surface area contributed by atoms with Crippen LogP contribution in [0, 0.1) is 112 Å². The Morgan fingerprint density at radius 3 is 1.08 bits per heavy atom. The van der Waals surface area contributed by atoms with Crippen LogP contribution < -0.4 is 0 Å². The van der Waals surface area contributed by atoms with E-state index in [4.69, 9.17) is 86.5 Å². The van der Waals surface area contributed by atoms with Gasteiger partial charge in [-0.25, -0.2) is 39.1 Å². The van der Waals surface area contributed by atoms with Crippen molar-refractivity contribution in [3.63, 3.8) is 0 Å². The summed E-state index contributed by atoms with van der Waals surface area (Å²) < 4.78 is 62.5. The molecule has 4 saturated carbocycles. The molecule has 21 heteroatoms. The van der Waals surface area contributed by atoms with E-state index in [0.29, 0.717) is 77.4 Å². The maximum absolute atomic E-state index is 12.4. The molecule has 4 spiro atoms. The predicted octanol–water partition coefficient (Wildman–Crippen LogP) is 15.9. The summed E-state index contributed by atoms with van der Waals surface area (Å²) in [5.41, 5.74) is -2.07. The molecule has 0 amide bonds. The molecule has 4 unspecified atom stereocenters. The number of ketones is 2. The van der Waals surface area contributed by atoms with Crippen LogP contribution >= 0.6 is 0 Å². The third-order valence-electron chi connectivity index (χ3n) is 28.7. The summed E-state index contributed by atoms with van der Waals surface area (Å²) in [4.78, 5) is 84.4. The molecule has 32 atom stereocenters. The first kappa shape index (κ1) is 77.3. The van der Waals surface area contributed by atoms with Crippen molar-refractivity contribution in [1.82, 2.24) is 0 Å². The number of fused-ring (bicyclic) bond motifs is 8. The molecule has 101 heavy (non-hydrogen) atoms. The fourth-order valence-corrected chi connectivity index (χ4v) is 22.5. The fourth-order valence-electron chi connectivity index (χ4n) is 22.5. The Hall–Kier alpha value is -1.87. The van der Waals surface area contributed by atoms with Crippen molar-refractivity contribution in [3.8, 4) is 0 Å². The molecule has 21 nitrogen and oxygen atoms in total. The Balaban J connectivity index is 0.000000121. The molecule has 16 saturated heterocycles. The SMILES string of the molecule is CC(C)C(=O)CC1O[C@@H]2O[C@@]3(C)CC[C@H]4[C@H](C)CC[C@@H]([C@H]1C)[C@@]24OO3.CC(C)C(=O)CCC(=O)OC1O[C@@H]2O[C@@]3(C)CC[C@H]4[C@H](C)CC[C@@H]([C@H]1C)[C@@]24OO3.CC(C)CCC1O[C@@H]2O[C@@]3(C)CC[C@H]4[C@H](C)CC[C@@H]([C@H]1C)[C@@]24OO3.CC(C)OC1O[C@@H]2O[C@@]3(C)CC[C@H]4[C@H](C)CC[C@@H]([C@H]1C)[C@@]24OO3. The lowest BCUT2D eigenvalue weighted by Gasteiger charge is -2.60. The number of ether oxygens (including phenoxy) is 10. The summed E-state index contributed by atoms with van der Waals surface area (Å²) in [5.74, 6) is 3.63. The first-order valence-corrected chi connectivity index (χ1v) is 40.3. The van der Waals surface area contributed by atoms with Gasteiger partial charge in [0.05, 0.1) is 24.7 Å². The van der Waals surface area contributed by atoms with Gasteiger partial charge in [0, 0.05) is 85.9 Å². The Bertz CT molecular complexity index is 2910. The van der Waals surface area contributed by atoms with E-state index in [1.54, 1.807) is 0 Å². The summed E-state index contributed by atoms with van der Waals surface area (Å²) in [6, 6.07) is 0. The number of hydrogen-bond acceptors (Lipinski definition) is 21. The summed E-state index contributed by atoms with van der Waals surface area (Å²) in [7, 11) is 0. The fraction of sp³-hybridized carbons (Fsp3) is 0.963. The van der Waals surface area contributed by atoms with Gasteiger partial charge >= 0.3 is 5.97 Å². The first-order valence-electron chi connectivity index (χ1n) is 40.3. The molecule has 20 rings (SSSR count). The van der Waals surface area contributed by atoms with Crippen molar-refractivity contribution in [2.75, 3.05) is 0 Å². The van der Waals surface area contributed by atoms with Gasteiger partial charge in [0.15, 0.2) is 53.9 Å². The van der Waals surface area contributed by atoms with Gasteiger partial charge in [-0.05, 0) is 197 Å². The summed E-state index contributed by atoms with van der Waals surface area (Å²) in [6.07, 6.45) is 17.3. The average Bonchev–Trinajstić information content (AvgIpc) is 1.70. The monoisotopic (exact) mass is 1430 g/mol. The molecule has 16 aliphatic heterocycles. The minimum atomic E-state index is -0.851. The largest absolute Gasteiger partial charge is 0.435 e. The topological polar surface area (TPSA) is 217 Å². The highest BCUT2D eigenvalue weighted by Gasteiger charge is 2.74. The maximum atomic E-state index is 12.4. The summed E-state index contributed by atoms with van der Waals surface area (Å²) in [5, 5.41) is 0. The predicted molar refractivity (Wildman–Crippen MR) is 367 cm³/mol. The minimum absolute atomic E-state index is 0.0365. The van der Waals surface area contributed by atoms with Gasteiger partial charge in [0.2, 0.25) is 29.4 Å². The third-order valence-corrected chi connectivity index (χ3v) is 28.7. The van der Waals surface area contributed by atoms with Crippen molar-refractivity contribution in [2.24, 2.45) is 112 Å². The van der Waals surface area contributed by atoms with Gasteiger partial charge in [-0.3, -0.25) is 14.4 Å². The van der Waals surface area contributed by atoms with Crippen molar-refractivity contribution < 1.29 is 101 Å². The van der Waals surface area contributed by atoms with Crippen molar-refractivity contribution in [3.05, 3.63) is 0 Å². The van der Waals surface area contributed by atoms with Gasteiger partial charge in [-0.1, -0.05) is 96.9 Å². The van der Waals surface area contributed by atoms with Crippen LogP contribution in [0.2, 0.25) is 0 Å². The van der Waals surface area contributed by atoms with Gasteiger partial charge in [0.25, 0.3) is 0 Å². The van der Waals surface area contributed by atoms with Gasteiger partial charge in [-0.2, -0.15) is 0 Å². The standard InChI is InChI=1S/C22H34O7.C20H32O5.C20H34O4.C18H30O5/c1-12(2)17(23)8-9-18(24)25-19-14(4)16-7-6-13(3)15-10-11-21(5)27-20(26-19)22(15,16)29-28-21;1-11(2)16(21)10-17-13(4)15-7-6-12(3)14-8-9-19(5)23-18(22-17)20(14,15)25-24-19;1-12(2)6-9-17-14(4)16-8-7-13(3)15-10-11-19(5)22-18(21-17)20(15,16)24-23-19;1-10(2)19-15-12(4)14-7-6-11(3)13-8-9-17(5)21-16(20-15)18(13,14)23-22-17/h12-16,19-20H,6-11H2,1-5H3;11-15,17-18H,6-10H2,1-5H3;12-18H,6-11H2,1-5H3;10-16H,6-9H2,1-5H3/t13-,14-,15+,16+,19?,20-,21-,22-;12-,13-,14+,15+,17?,18-,19-,20-;13-,14-,15+,16+,17?,18-,19-,20-;11-,12-,13+,14+,15?,16-,17-,18-/m1111/s1. The molecule has 0 radical (unpaired) electrons. The zero-order chi connectivity index (χ0) is 72.5. The quantitative estimate of drug-likeness (QED) is 0.124. The van der Waals surface area contributed by atoms with Gasteiger partial charge in [-0.15, -0.1) is 0 Å². The summed E-state index contributed by atoms with van der Waals surface area (Å²) >= 11 is 0. The molecule has 0 aromatic heterocycles. The van der Waals surface area contributed by atoms with Crippen LogP contribution in [0.1, 0.15) is 273 Å². The Labute approximate surface area is 603 Å². The van der Waals surface area contributed by atoms with Crippen molar-refractivity contribution in [1.29, 1.82) is 0 Å². The second-order valence-electron chi connectivity index (χ2n) is 37.0. The Morgan fingerprint density at radius 2 is 0.713 bits per heavy atom. The second-order valence-corrected chi connectivity index (χ2v) is 37.0. The number of Topliss-reactive ketones (excluding diaryl/α,β-unsaturated/α-hetero) is 2. The highest BCUT2D eigenvalue weighted by atomic mass is 17.3. The van der Waals surface area contributed by atoms with Crippen molar-refractivity contribution in [2.45, 2.75) is 375 Å². The second kappa shape index (κ2) is 29.2. The average molecular weight is 1430 g/mol. The maximum Gasteiger partial charge on any atom is 0.308 e. The first-order chi connectivity index (χ1) is 47.6. The number of esters is 1. The van der Waals surface area contributed by atoms with Crippen LogP contribution in [0.3, 0.4) is 0 Å². The number of carbonyl (C=O) groups excluding carboxylic acids is 3. The number of rotatable bonds is 13. The van der Waals surface area contributed by atoms with Crippen LogP contribution in [0.4, 0.5) is 0 Å². The Kier molecular flexibility index (Phi) is 22.3. The van der Waals surface area contributed by atoms with E-state index in [1.165, 1.54) is 32.1 Å². The molecule has 576 valence electrons. The molecular weight excluding hydrogens is 1300 g/mol. The van der Waals surface area contributed by atoms with E-state index in [0.717, 1.165) is 83.5 Å². The molecule has 4 aliphatic carbocycles. The van der Waals surface area contributed by atoms with Crippen LogP contribution in [-0.4, -0.2) is 119 Å². The molecule has 20 fully saturated rings. The number of carbonyl (C=O) groups is 3. The molecule has 20 aliphatic rings. The number of hydrogen-bond donors (Lipinski definition) is 0. The van der Waals surface area contributed by atoms with Crippen molar-refractivity contribution >= 4 is 17.5 Å². The minimum Gasteiger partial charge on any atom is -0.435 e. The molecule has 0 N–H and O–H groups in total. The zero-order valence-corrected chi connectivity index (χ0v) is 65.1. The van der Waals surface area contributed by atoms with E-state index in [2.05, 4.69) is 62.3 Å². The molecule has 0 aromatic carbocycles. The third kappa shape index (κ3) is 13.8. The van der Waals surface area contributed by atoms with E-state index in [1.807, 2.05) is 76.2 Å². The lowest BCUT2D eigenvalue weighted by molar-refractivity contribution is -0.578. The molecular formula is C80H130O21.